The van der Waals surface area contributed by atoms with Gasteiger partial charge in [-0.15, -0.1) is 0 Å². The molecular formula is C24H24FN3. The molecule has 4 rings (SSSR count). The summed E-state index contributed by atoms with van der Waals surface area (Å²) < 4.78 is 15.6. The van der Waals surface area contributed by atoms with Gasteiger partial charge in [0.25, 0.3) is 0 Å². The number of nitrogens with zero attached hydrogens (tertiary/aromatic N) is 2. The van der Waals surface area contributed by atoms with Crippen molar-refractivity contribution in [1.82, 2.24) is 9.55 Å². The van der Waals surface area contributed by atoms with Crippen LogP contribution in [0.2, 0.25) is 0 Å². The molecule has 0 spiro atoms. The van der Waals surface area contributed by atoms with Gasteiger partial charge in [-0.3, -0.25) is 0 Å². The van der Waals surface area contributed by atoms with Crippen LogP contribution in [-0.4, -0.2) is 9.55 Å². The van der Waals surface area contributed by atoms with Gasteiger partial charge in [-0.25, -0.2) is 9.37 Å². The highest BCUT2D eigenvalue weighted by atomic mass is 19.1. The van der Waals surface area contributed by atoms with Crippen LogP contribution in [0.25, 0.3) is 10.9 Å². The van der Waals surface area contributed by atoms with Crippen LogP contribution < -0.4 is 5.32 Å². The summed E-state index contributed by atoms with van der Waals surface area (Å²) in [5, 5.41) is 4.70. The van der Waals surface area contributed by atoms with E-state index in [1.807, 2.05) is 18.3 Å². The standard InChI is InChI=1S/C24H24FN3/c1-16-4-6-19(7-5-16)14-27-24-23-22(12-13-26-24)17(2)18(3)28(23)15-20-8-10-21(25)11-9-20/h4-13H,14-15H2,1-3H3,(H,26,27). The number of hydrogen-bond acceptors (Lipinski definition) is 2. The summed E-state index contributed by atoms with van der Waals surface area (Å²) in [4.78, 5) is 4.62. The quantitative estimate of drug-likeness (QED) is 0.482. The van der Waals surface area contributed by atoms with Crippen LogP contribution in [0, 0.1) is 26.6 Å². The minimum absolute atomic E-state index is 0.212. The van der Waals surface area contributed by atoms with E-state index in [2.05, 4.69) is 66.0 Å². The molecule has 142 valence electrons. The number of benzene rings is 2. The monoisotopic (exact) mass is 373 g/mol. The highest BCUT2D eigenvalue weighted by molar-refractivity contribution is 5.93. The van der Waals surface area contributed by atoms with Crippen molar-refractivity contribution in [3.05, 3.63) is 94.6 Å². The Kier molecular flexibility index (Phi) is 4.86. The van der Waals surface area contributed by atoms with Crippen molar-refractivity contribution in [3.63, 3.8) is 0 Å². The summed E-state index contributed by atoms with van der Waals surface area (Å²) in [6, 6.07) is 17.3. The van der Waals surface area contributed by atoms with Crippen molar-refractivity contribution < 1.29 is 4.39 Å². The number of rotatable bonds is 5. The third-order valence-electron chi connectivity index (χ3n) is 5.38. The molecule has 0 amide bonds. The normalized spacial score (nSPS) is 11.1. The summed E-state index contributed by atoms with van der Waals surface area (Å²) in [6.07, 6.45) is 1.86. The van der Waals surface area contributed by atoms with E-state index >= 15 is 0 Å². The zero-order valence-electron chi connectivity index (χ0n) is 16.5. The van der Waals surface area contributed by atoms with Gasteiger partial charge in [0.2, 0.25) is 0 Å². The minimum atomic E-state index is -0.212. The Morgan fingerprint density at radius 3 is 2.29 bits per heavy atom. The van der Waals surface area contributed by atoms with E-state index in [0.29, 0.717) is 13.1 Å². The largest absolute Gasteiger partial charge is 0.364 e. The highest BCUT2D eigenvalue weighted by Crippen LogP contribution is 2.30. The first-order valence-electron chi connectivity index (χ1n) is 9.51. The Morgan fingerprint density at radius 1 is 0.893 bits per heavy atom. The number of aromatic nitrogens is 2. The Bertz CT molecular complexity index is 1110. The predicted molar refractivity (Wildman–Crippen MR) is 113 cm³/mol. The van der Waals surface area contributed by atoms with Crippen molar-refractivity contribution in [2.75, 3.05) is 5.32 Å². The molecule has 2 aromatic carbocycles. The summed E-state index contributed by atoms with van der Waals surface area (Å²) in [6.45, 7) is 7.76. The van der Waals surface area contributed by atoms with Crippen molar-refractivity contribution in [1.29, 1.82) is 0 Å². The first-order valence-corrected chi connectivity index (χ1v) is 9.51. The Morgan fingerprint density at radius 2 is 1.57 bits per heavy atom. The van der Waals surface area contributed by atoms with Gasteiger partial charge in [-0.2, -0.15) is 0 Å². The van der Waals surface area contributed by atoms with Gasteiger partial charge in [-0.1, -0.05) is 42.0 Å². The maximum absolute atomic E-state index is 13.3. The van der Waals surface area contributed by atoms with Crippen LogP contribution in [0.15, 0.2) is 60.8 Å². The molecule has 3 nitrogen and oxygen atoms in total. The summed E-state index contributed by atoms with van der Waals surface area (Å²) >= 11 is 0. The third kappa shape index (κ3) is 3.50. The Labute approximate surface area is 164 Å². The lowest BCUT2D eigenvalue weighted by atomic mass is 10.1. The van der Waals surface area contributed by atoms with E-state index in [0.717, 1.165) is 16.9 Å². The second kappa shape index (κ2) is 7.47. The van der Waals surface area contributed by atoms with Crippen molar-refractivity contribution in [3.8, 4) is 0 Å². The fraction of sp³-hybridized carbons (Fsp3) is 0.208. The van der Waals surface area contributed by atoms with Gasteiger partial charge >= 0.3 is 0 Å². The van der Waals surface area contributed by atoms with E-state index < -0.39 is 0 Å². The van der Waals surface area contributed by atoms with Crippen LogP contribution in [-0.2, 0) is 13.1 Å². The molecule has 0 aliphatic heterocycles. The molecule has 2 aromatic heterocycles. The molecule has 1 N–H and O–H groups in total. The second-order valence-electron chi connectivity index (χ2n) is 7.32. The number of anilines is 1. The number of nitrogens with one attached hydrogen (secondary N) is 1. The molecule has 0 fully saturated rings. The SMILES string of the molecule is Cc1ccc(CNc2nccc3c(C)c(C)n(Cc4ccc(F)cc4)c23)cc1. The predicted octanol–water partition coefficient (Wildman–Crippen LogP) is 5.76. The van der Waals surface area contributed by atoms with Gasteiger partial charge in [0.1, 0.15) is 5.82 Å². The Balaban J connectivity index is 1.71. The number of halogens is 1. The number of fused-ring (bicyclic) bond motifs is 1. The maximum atomic E-state index is 13.3. The number of hydrogen-bond donors (Lipinski definition) is 1. The number of aryl methyl sites for hydroxylation is 2. The van der Waals surface area contributed by atoms with Crippen LogP contribution in [0.5, 0.6) is 0 Å². The first-order chi connectivity index (χ1) is 13.5. The molecule has 0 saturated heterocycles. The zero-order chi connectivity index (χ0) is 19.7. The lowest BCUT2D eigenvalue weighted by Crippen LogP contribution is -2.07. The van der Waals surface area contributed by atoms with E-state index in [1.165, 1.54) is 39.9 Å². The van der Waals surface area contributed by atoms with E-state index in [4.69, 9.17) is 0 Å². The van der Waals surface area contributed by atoms with Crippen molar-refractivity contribution in [2.45, 2.75) is 33.9 Å². The third-order valence-corrected chi connectivity index (χ3v) is 5.38. The van der Waals surface area contributed by atoms with Gasteiger partial charge in [0, 0.05) is 30.4 Å². The van der Waals surface area contributed by atoms with E-state index in [1.54, 1.807) is 0 Å². The van der Waals surface area contributed by atoms with Gasteiger partial charge in [0.05, 0.1) is 5.52 Å². The summed E-state index contributed by atoms with van der Waals surface area (Å²) in [7, 11) is 0. The van der Waals surface area contributed by atoms with Crippen molar-refractivity contribution >= 4 is 16.7 Å². The summed E-state index contributed by atoms with van der Waals surface area (Å²) in [5.41, 5.74) is 7.07. The molecular weight excluding hydrogens is 349 g/mol. The average Bonchev–Trinajstić information content (AvgIpc) is 2.95. The molecule has 0 aliphatic carbocycles. The molecule has 0 unspecified atom stereocenters. The first kappa shape index (κ1) is 18.2. The molecule has 0 aliphatic rings. The van der Waals surface area contributed by atoms with Crippen LogP contribution in [0.4, 0.5) is 10.2 Å². The van der Waals surface area contributed by atoms with E-state index in [-0.39, 0.29) is 5.82 Å². The van der Waals surface area contributed by atoms with Gasteiger partial charge in [-0.05, 0) is 55.7 Å². The smallest absolute Gasteiger partial charge is 0.150 e. The minimum Gasteiger partial charge on any atom is -0.364 e. The lowest BCUT2D eigenvalue weighted by Gasteiger charge is -2.13. The second-order valence-corrected chi connectivity index (χ2v) is 7.32. The fourth-order valence-electron chi connectivity index (χ4n) is 3.59. The molecule has 0 radical (unpaired) electrons. The van der Waals surface area contributed by atoms with Crippen molar-refractivity contribution in [2.24, 2.45) is 0 Å². The highest BCUT2D eigenvalue weighted by Gasteiger charge is 2.15. The molecule has 0 bridgehead atoms. The molecule has 2 heterocycles. The molecule has 28 heavy (non-hydrogen) atoms. The topological polar surface area (TPSA) is 29.9 Å². The Hall–Kier alpha value is -3.14. The zero-order valence-corrected chi connectivity index (χ0v) is 16.5. The lowest BCUT2D eigenvalue weighted by molar-refractivity contribution is 0.626. The molecule has 0 saturated carbocycles. The molecule has 4 heteroatoms. The fourth-order valence-corrected chi connectivity index (χ4v) is 3.59. The van der Waals surface area contributed by atoms with Gasteiger partial charge < -0.3 is 9.88 Å². The maximum Gasteiger partial charge on any atom is 0.150 e. The van der Waals surface area contributed by atoms with E-state index in [9.17, 15) is 4.39 Å². The van der Waals surface area contributed by atoms with Crippen LogP contribution >= 0.6 is 0 Å². The number of pyridine rings is 1. The van der Waals surface area contributed by atoms with Crippen LogP contribution in [0.3, 0.4) is 0 Å². The summed E-state index contributed by atoms with van der Waals surface area (Å²) in [5.74, 6) is 0.660. The molecule has 0 atom stereocenters. The average molecular weight is 373 g/mol. The van der Waals surface area contributed by atoms with Crippen LogP contribution in [0.1, 0.15) is 27.9 Å². The molecule has 4 aromatic rings. The van der Waals surface area contributed by atoms with Gasteiger partial charge in [0.15, 0.2) is 5.82 Å².